The number of carbonyl (C=O) groups excluding carboxylic acids is 2. The summed E-state index contributed by atoms with van der Waals surface area (Å²) in [5, 5.41) is 8.23. The van der Waals surface area contributed by atoms with Gasteiger partial charge in [-0.3, -0.25) is 4.79 Å². The molecule has 0 saturated carbocycles. The maximum atomic E-state index is 13.1. The molecule has 0 fully saturated rings. The quantitative estimate of drug-likeness (QED) is 0.256. The van der Waals surface area contributed by atoms with E-state index in [1.54, 1.807) is 29.5 Å². The minimum atomic E-state index is -0.563. The number of rotatable bonds is 5. The fourth-order valence-corrected chi connectivity index (χ4v) is 6.80. The van der Waals surface area contributed by atoms with Gasteiger partial charge in [0.15, 0.2) is 0 Å². The average Bonchev–Trinajstić information content (AvgIpc) is 3.22. The average molecular weight is 544 g/mol. The number of hydrogen-bond acceptors (Lipinski definition) is 5. The van der Waals surface area contributed by atoms with Gasteiger partial charge >= 0.3 is 5.97 Å². The highest BCUT2D eigenvalue weighted by Crippen LogP contribution is 2.47. The van der Waals surface area contributed by atoms with Gasteiger partial charge in [0.1, 0.15) is 16.9 Å². The summed E-state index contributed by atoms with van der Waals surface area (Å²) in [7, 11) is 0. The lowest BCUT2D eigenvalue weighted by molar-refractivity contribution is 0.0734. The fourth-order valence-electron chi connectivity index (χ4n) is 4.97. The van der Waals surface area contributed by atoms with Crippen molar-refractivity contribution in [1.82, 2.24) is 5.32 Å². The van der Waals surface area contributed by atoms with Crippen molar-refractivity contribution < 1.29 is 14.3 Å². The number of fused-ring (bicyclic) bond motifs is 3. The van der Waals surface area contributed by atoms with Gasteiger partial charge in [-0.25, -0.2) is 4.79 Å². The molecular weight excluding hydrogens is 515 g/mol. The van der Waals surface area contributed by atoms with Crippen LogP contribution >= 0.6 is 34.5 Å². The first-order valence-corrected chi connectivity index (χ1v) is 13.7. The number of nitrogens with one attached hydrogen (secondary N) is 2. The number of amides is 1. The first-order valence-electron chi connectivity index (χ1n) is 12.2. The summed E-state index contributed by atoms with van der Waals surface area (Å²) in [5.41, 5.74) is 3.43. The standard InChI is InChI=1S/C28H28Cl2N2O3S/c1-4-28(2,3)16-7-11-20-22(13-16)36-26-23(20)25(33)31-24(32-26)15-5-9-18(10-6-15)35-27(34)19-12-8-17(29)14-21(19)30/h5-6,8-10,12,14,16,24,32H,4,7,11,13H2,1-3H3,(H,31,33). The zero-order chi connectivity index (χ0) is 25.6. The Morgan fingerprint density at radius 2 is 1.89 bits per heavy atom. The van der Waals surface area contributed by atoms with Crippen molar-refractivity contribution in [1.29, 1.82) is 0 Å². The summed E-state index contributed by atoms with van der Waals surface area (Å²) in [5.74, 6) is 0.417. The Bertz CT molecular complexity index is 1330. The number of carbonyl (C=O) groups is 2. The molecule has 8 heteroatoms. The molecule has 2 atom stereocenters. The summed E-state index contributed by atoms with van der Waals surface area (Å²) >= 11 is 13.7. The number of halogens is 2. The van der Waals surface area contributed by atoms with Crippen molar-refractivity contribution in [3.05, 3.63) is 79.6 Å². The monoisotopic (exact) mass is 542 g/mol. The van der Waals surface area contributed by atoms with E-state index in [9.17, 15) is 9.59 Å². The number of anilines is 1. The summed E-state index contributed by atoms with van der Waals surface area (Å²) < 4.78 is 5.47. The van der Waals surface area contributed by atoms with Crippen LogP contribution < -0.4 is 15.4 Å². The van der Waals surface area contributed by atoms with Crippen LogP contribution in [0.25, 0.3) is 0 Å². The number of hydrogen-bond donors (Lipinski definition) is 2. The zero-order valence-corrected chi connectivity index (χ0v) is 22.7. The molecule has 36 heavy (non-hydrogen) atoms. The maximum Gasteiger partial charge on any atom is 0.345 e. The van der Waals surface area contributed by atoms with E-state index in [4.69, 9.17) is 27.9 Å². The molecule has 2 aromatic carbocycles. The third kappa shape index (κ3) is 4.74. The molecule has 0 spiro atoms. The second-order valence-corrected chi connectivity index (χ2v) is 12.1. The first kappa shape index (κ1) is 25.1. The zero-order valence-electron chi connectivity index (χ0n) is 20.4. The summed E-state index contributed by atoms with van der Waals surface area (Å²) in [6.07, 6.45) is 3.90. The highest BCUT2D eigenvalue weighted by atomic mass is 35.5. The largest absolute Gasteiger partial charge is 0.423 e. The van der Waals surface area contributed by atoms with Crippen LogP contribution in [0.3, 0.4) is 0 Å². The van der Waals surface area contributed by atoms with Crippen molar-refractivity contribution in [3.8, 4) is 5.75 Å². The van der Waals surface area contributed by atoms with Crippen LogP contribution in [0, 0.1) is 11.3 Å². The van der Waals surface area contributed by atoms with Gasteiger partial charge in [0, 0.05) is 9.90 Å². The molecule has 1 amide bonds. The van der Waals surface area contributed by atoms with Crippen molar-refractivity contribution in [2.45, 2.75) is 52.6 Å². The molecule has 1 aromatic heterocycles. The molecule has 2 unspecified atom stereocenters. The minimum Gasteiger partial charge on any atom is -0.423 e. The van der Waals surface area contributed by atoms with Gasteiger partial charge in [-0.05, 0) is 72.1 Å². The Hall–Kier alpha value is -2.54. The SMILES string of the molecule is CCC(C)(C)C1CCc2c(sc3c2C(=O)NC(c2ccc(OC(=O)c4ccc(Cl)cc4Cl)cc2)N3)C1. The Labute approximate surface area is 225 Å². The van der Waals surface area contributed by atoms with Crippen LogP contribution in [-0.2, 0) is 12.8 Å². The van der Waals surface area contributed by atoms with Crippen LogP contribution in [0.4, 0.5) is 5.00 Å². The van der Waals surface area contributed by atoms with Crippen molar-refractivity contribution in [3.63, 3.8) is 0 Å². The number of esters is 1. The molecule has 1 aliphatic heterocycles. The van der Waals surface area contributed by atoms with Gasteiger partial charge in [0.05, 0.1) is 16.1 Å². The maximum absolute atomic E-state index is 13.1. The number of benzene rings is 2. The van der Waals surface area contributed by atoms with Gasteiger partial charge < -0.3 is 15.4 Å². The first-order chi connectivity index (χ1) is 17.2. The molecule has 0 saturated heterocycles. The predicted molar refractivity (Wildman–Crippen MR) is 146 cm³/mol. The van der Waals surface area contributed by atoms with E-state index in [1.165, 1.54) is 22.6 Å². The Balaban J connectivity index is 1.30. The van der Waals surface area contributed by atoms with Crippen LogP contribution in [0.5, 0.6) is 5.75 Å². The molecule has 3 aromatic rings. The molecule has 5 rings (SSSR count). The molecular formula is C28H28Cl2N2O3S. The predicted octanol–water partition coefficient (Wildman–Crippen LogP) is 7.67. The molecule has 2 N–H and O–H groups in total. The highest BCUT2D eigenvalue weighted by Gasteiger charge is 2.37. The smallest absolute Gasteiger partial charge is 0.345 e. The third-order valence-electron chi connectivity index (χ3n) is 7.63. The second kappa shape index (κ2) is 9.73. The second-order valence-electron chi connectivity index (χ2n) is 10.1. The minimum absolute atomic E-state index is 0.0349. The van der Waals surface area contributed by atoms with Crippen LogP contribution in [0.1, 0.15) is 76.5 Å². The van der Waals surface area contributed by atoms with E-state index in [1.807, 2.05) is 12.1 Å². The van der Waals surface area contributed by atoms with Crippen molar-refractivity contribution in [2.75, 3.05) is 5.32 Å². The van der Waals surface area contributed by atoms with Crippen LogP contribution in [0.15, 0.2) is 42.5 Å². The third-order valence-corrected chi connectivity index (χ3v) is 9.37. The van der Waals surface area contributed by atoms with Crippen molar-refractivity contribution in [2.24, 2.45) is 11.3 Å². The van der Waals surface area contributed by atoms with E-state index in [0.717, 1.165) is 41.8 Å². The van der Waals surface area contributed by atoms with E-state index >= 15 is 0 Å². The van der Waals surface area contributed by atoms with Gasteiger partial charge in [0.2, 0.25) is 0 Å². The van der Waals surface area contributed by atoms with E-state index in [-0.39, 0.29) is 22.7 Å². The lowest BCUT2D eigenvalue weighted by Crippen LogP contribution is -2.38. The molecule has 1 aliphatic carbocycles. The van der Waals surface area contributed by atoms with E-state index in [0.29, 0.717) is 22.1 Å². The van der Waals surface area contributed by atoms with Crippen LogP contribution in [-0.4, -0.2) is 11.9 Å². The lowest BCUT2D eigenvalue weighted by atomic mass is 9.69. The molecule has 2 aliphatic rings. The van der Waals surface area contributed by atoms with Gasteiger partial charge in [-0.15, -0.1) is 11.3 Å². The number of thiophene rings is 1. The Morgan fingerprint density at radius 3 is 2.58 bits per heavy atom. The lowest BCUT2D eigenvalue weighted by Gasteiger charge is -2.36. The number of ether oxygens (including phenoxy) is 1. The fraction of sp³-hybridized carbons (Fsp3) is 0.357. The molecule has 2 heterocycles. The van der Waals surface area contributed by atoms with E-state index in [2.05, 4.69) is 31.4 Å². The van der Waals surface area contributed by atoms with Gasteiger partial charge in [-0.1, -0.05) is 62.5 Å². The highest BCUT2D eigenvalue weighted by molar-refractivity contribution is 7.16. The Morgan fingerprint density at radius 1 is 1.14 bits per heavy atom. The summed E-state index contributed by atoms with van der Waals surface area (Å²) in [6.45, 7) is 6.96. The molecule has 5 nitrogen and oxygen atoms in total. The topological polar surface area (TPSA) is 67.4 Å². The van der Waals surface area contributed by atoms with Crippen molar-refractivity contribution >= 4 is 51.4 Å². The van der Waals surface area contributed by atoms with Crippen LogP contribution in [0.2, 0.25) is 10.0 Å². The summed E-state index contributed by atoms with van der Waals surface area (Å²) in [4.78, 5) is 27.0. The Kier molecular flexibility index (Phi) is 6.79. The normalized spacial score (nSPS) is 19.1. The van der Waals surface area contributed by atoms with E-state index < -0.39 is 5.97 Å². The molecule has 0 bridgehead atoms. The van der Waals surface area contributed by atoms with Gasteiger partial charge in [0.25, 0.3) is 5.91 Å². The summed E-state index contributed by atoms with van der Waals surface area (Å²) in [6, 6.07) is 11.7. The van der Waals surface area contributed by atoms with Gasteiger partial charge in [-0.2, -0.15) is 0 Å². The molecule has 188 valence electrons. The molecule has 0 radical (unpaired) electrons.